The van der Waals surface area contributed by atoms with Crippen LogP contribution < -0.4 is 0 Å². The lowest BCUT2D eigenvalue weighted by molar-refractivity contribution is -0.142. The van der Waals surface area contributed by atoms with E-state index in [-0.39, 0.29) is 6.04 Å². The average Bonchev–Trinajstić information content (AvgIpc) is 3.00. The SMILES string of the molecule is Cc1cc(C)cc(C(c2cccc(Cl)c2Cl)N2CCCC2C(=O)O)c1. The van der Waals surface area contributed by atoms with Gasteiger partial charge in [0.15, 0.2) is 0 Å². The molecule has 132 valence electrons. The molecular weight excluding hydrogens is 357 g/mol. The summed E-state index contributed by atoms with van der Waals surface area (Å²) in [5.41, 5.74) is 4.19. The number of carboxylic acid groups (broad SMARTS) is 1. The van der Waals surface area contributed by atoms with Crippen LogP contribution in [0.4, 0.5) is 0 Å². The Hall–Kier alpha value is -1.55. The minimum atomic E-state index is -0.787. The second-order valence-electron chi connectivity index (χ2n) is 6.70. The summed E-state index contributed by atoms with van der Waals surface area (Å²) in [6.07, 6.45) is 1.51. The third-order valence-electron chi connectivity index (χ3n) is 4.75. The molecule has 2 unspecified atom stereocenters. The summed E-state index contributed by atoms with van der Waals surface area (Å²) < 4.78 is 0. The van der Waals surface area contributed by atoms with Gasteiger partial charge in [0.05, 0.1) is 16.1 Å². The molecule has 0 saturated carbocycles. The minimum absolute atomic E-state index is 0.228. The molecule has 1 fully saturated rings. The van der Waals surface area contributed by atoms with E-state index >= 15 is 0 Å². The molecule has 2 aromatic rings. The Kier molecular flexibility index (Phi) is 5.38. The van der Waals surface area contributed by atoms with Gasteiger partial charge in [-0.3, -0.25) is 9.69 Å². The minimum Gasteiger partial charge on any atom is -0.480 e. The highest BCUT2D eigenvalue weighted by Gasteiger charge is 2.37. The molecule has 1 N–H and O–H groups in total. The molecule has 0 spiro atoms. The molecule has 1 aliphatic rings. The van der Waals surface area contributed by atoms with Gasteiger partial charge in [0, 0.05) is 6.54 Å². The van der Waals surface area contributed by atoms with Gasteiger partial charge in [0.2, 0.25) is 0 Å². The van der Waals surface area contributed by atoms with Crippen LogP contribution in [0.25, 0.3) is 0 Å². The molecular formula is C20H21Cl2NO2. The number of rotatable bonds is 4. The van der Waals surface area contributed by atoms with Crippen LogP contribution in [0, 0.1) is 13.8 Å². The van der Waals surface area contributed by atoms with Gasteiger partial charge in [0.1, 0.15) is 6.04 Å². The molecule has 0 aromatic heterocycles. The Morgan fingerprint density at radius 2 is 1.88 bits per heavy atom. The molecule has 1 saturated heterocycles. The predicted octanol–water partition coefficient (Wildman–Crippen LogP) is 5.25. The fourth-order valence-electron chi connectivity index (χ4n) is 3.81. The molecule has 2 aromatic carbocycles. The summed E-state index contributed by atoms with van der Waals surface area (Å²) in [5.74, 6) is -0.787. The molecule has 25 heavy (non-hydrogen) atoms. The van der Waals surface area contributed by atoms with Crippen molar-refractivity contribution >= 4 is 29.2 Å². The van der Waals surface area contributed by atoms with Gasteiger partial charge in [-0.25, -0.2) is 0 Å². The third kappa shape index (κ3) is 3.69. The van der Waals surface area contributed by atoms with Gasteiger partial charge in [-0.2, -0.15) is 0 Å². The highest BCUT2D eigenvalue weighted by atomic mass is 35.5. The van der Waals surface area contributed by atoms with Crippen LogP contribution >= 0.6 is 23.2 Å². The van der Waals surface area contributed by atoms with E-state index in [0.717, 1.165) is 35.2 Å². The van der Waals surface area contributed by atoms with E-state index < -0.39 is 12.0 Å². The predicted molar refractivity (Wildman–Crippen MR) is 102 cm³/mol. The molecule has 1 aliphatic heterocycles. The highest BCUT2D eigenvalue weighted by molar-refractivity contribution is 6.42. The summed E-state index contributed by atoms with van der Waals surface area (Å²) >= 11 is 12.8. The van der Waals surface area contributed by atoms with E-state index in [1.54, 1.807) is 6.07 Å². The number of aliphatic carboxylic acids is 1. The van der Waals surface area contributed by atoms with E-state index in [0.29, 0.717) is 16.5 Å². The van der Waals surface area contributed by atoms with Gasteiger partial charge in [-0.15, -0.1) is 0 Å². The molecule has 3 rings (SSSR count). The average molecular weight is 378 g/mol. The number of hydrogen-bond acceptors (Lipinski definition) is 2. The Balaban J connectivity index is 2.17. The first-order valence-electron chi connectivity index (χ1n) is 8.39. The summed E-state index contributed by atoms with van der Waals surface area (Å²) in [6, 6.07) is 11.1. The van der Waals surface area contributed by atoms with Crippen molar-refractivity contribution in [2.24, 2.45) is 0 Å². The Labute approximate surface area is 158 Å². The van der Waals surface area contributed by atoms with E-state index in [4.69, 9.17) is 23.2 Å². The lowest BCUT2D eigenvalue weighted by atomic mass is 9.93. The molecule has 0 amide bonds. The first-order valence-corrected chi connectivity index (χ1v) is 9.14. The number of aryl methyl sites for hydroxylation is 2. The van der Waals surface area contributed by atoms with Crippen molar-refractivity contribution in [3.05, 3.63) is 68.7 Å². The first kappa shape index (κ1) is 18.2. The largest absolute Gasteiger partial charge is 0.480 e. The lowest BCUT2D eigenvalue weighted by Crippen LogP contribution is -2.39. The van der Waals surface area contributed by atoms with Gasteiger partial charge < -0.3 is 5.11 Å². The number of hydrogen-bond donors (Lipinski definition) is 1. The van der Waals surface area contributed by atoms with Crippen LogP contribution in [0.1, 0.15) is 41.1 Å². The summed E-state index contributed by atoms with van der Waals surface area (Å²) in [6.45, 7) is 4.81. The maximum atomic E-state index is 11.8. The van der Waals surface area contributed by atoms with Gasteiger partial charge in [-0.1, -0.05) is 64.7 Å². The van der Waals surface area contributed by atoms with E-state index in [2.05, 4.69) is 18.2 Å². The fourth-order valence-corrected chi connectivity index (χ4v) is 4.22. The van der Waals surface area contributed by atoms with Crippen LogP contribution in [0.2, 0.25) is 10.0 Å². The van der Waals surface area contributed by atoms with E-state index in [9.17, 15) is 9.90 Å². The van der Waals surface area contributed by atoms with Crippen molar-refractivity contribution in [1.29, 1.82) is 0 Å². The standard InChI is InChI=1S/C20H21Cl2NO2/c1-12-9-13(2)11-14(10-12)19(15-5-3-6-16(21)18(15)22)23-8-4-7-17(23)20(24)25/h3,5-6,9-11,17,19H,4,7-8H2,1-2H3,(H,24,25). The van der Waals surface area contributed by atoms with Crippen LogP contribution in [0.15, 0.2) is 36.4 Å². The Morgan fingerprint density at radius 1 is 1.20 bits per heavy atom. The summed E-state index contributed by atoms with van der Waals surface area (Å²) in [5, 5.41) is 10.6. The normalized spacial score (nSPS) is 19.1. The monoisotopic (exact) mass is 377 g/mol. The first-order chi connectivity index (χ1) is 11.9. The van der Waals surface area contributed by atoms with Crippen molar-refractivity contribution in [2.45, 2.75) is 38.8 Å². The van der Waals surface area contributed by atoms with Crippen molar-refractivity contribution in [3.8, 4) is 0 Å². The number of benzene rings is 2. The highest BCUT2D eigenvalue weighted by Crippen LogP contribution is 2.40. The molecule has 1 heterocycles. The molecule has 0 radical (unpaired) electrons. The molecule has 2 atom stereocenters. The summed E-state index contributed by atoms with van der Waals surface area (Å²) in [4.78, 5) is 13.8. The zero-order valence-electron chi connectivity index (χ0n) is 14.3. The van der Waals surface area contributed by atoms with E-state index in [1.807, 2.05) is 30.9 Å². The lowest BCUT2D eigenvalue weighted by Gasteiger charge is -2.33. The maximum absolute atomic E-state index is 11.8. The van der Waals surface area contributed by atoms with Crippen LogP contribution in [-0.4, -0.2) is 28.6 Å². The van der Waals surface area contributed by atoms with Crippen molar-refractivity contribution in [2.75, 3.05) is 6.54 Å². The van der Waals surface area contributed by atoms with E-state index in [1.165, 1.54) is 0 Å². The number of halogens is 2. The zero-order chi connectivity index (χ0) is 18.1. The van der Waals surface area contributed by atoms with Gasteiger partial charge >= 0.3 is 5.97 Å². The van der Waals surface area contributed by atoms with Gasteiger partial charge in [-0.05, 0) is 43.9 Å². The van der Waals surface area contributed by atoms with Crippen molar-refractivity contribution in [1.82, 2.24) is 4.90 Å². The number of nitrogens with zero attached hydrogens (tertiary/aromatic N) is 1. The van der Waals surface area contributed by atoms with Gasteiger partial charge in [0.25, 0.3) is 0 Å². The second kappa shape index (κ2) is 7.36. The Morgan fingerprint density at radius 3 is 2.52 bits per heavy atom. The number of carbonyl (C=O) groups is 1. The third-order valence-corrected chi connectivity index (χ3v) is 5.58. The van der Waals surface area contributed by atoms with Crippen molar-refractivity contribution < 1.29 is 9.90 Å². The summed E-state index contributed by atoms with van der Waals surface area (Å²) in [7, 11) is 0. The molecule has 0 bridgehead atoms. The zero-order valence-corrected chi connectivity index (χ0v) is 15.8. The van der Waals surface area contributed by atoms with Crippen LogP contribution in [0.3, 0.4) is 0 Å². The van der Waals surface area contributed by atoms with Crippen LogP contribution in [0.5, 0.6) is 0 Å². The fraction of sp³-hybridized carbons (Fsp3) is 0.350. The smallest absolute Gasteiger partial charge is 0.320 e. The number of carboxylic acids is 1. The Bertz CT molecular complexity index is 786. The maximum Gasteiger partial charge on any atom is 0.320 e. The molecule has 0 aliphatic carbocycles. The topological polar surface area (TPSA) is 40.5 Å². The van der Waals surface area contributed by atoms with Crippen molar-refractivity contribution in [3.63, 3.8) is 0 Å². The second-order valence-corrected chi connectivity index (χ2v) is 7.49. The molecule has 3 nitrogen and oxygen atoms in total. The van der Waals surface area contributed by atoms with Crippen LogP contribution in [-0.2, 0) is 4.79 Å². The number of likely N-dealkylation sites (tertiary alicyclic amines) is 1. The molecule has 5 heteroatoms. The quantitative estimate of drug-likeness (QED) is 0.790.